The Morgan fingerprint density at radius 1 is 1.16 bits per heavy atom. The standard InChI is InChI=1S/C12H19N2O14P3/c1-7(2)12(6-25-30(21,22)28-31(23,24)27-29(18,19)20)8(15)5-10(26-12)14-4-3-9(16)13-11(14)17/h3-5,7-8,15H,6H2,1-2H3,(H,21,22)(H,23,24)(H,13,16,17)(H2,18,19,20)/t8-,12-/m0/s1. The van der Waals surface area contributed by atoms with Crippen molar-refractivity contribution >= 4 is 29.4 Å². The van der Waals surface area contributed by atoms with Gasteiger partial charge >= 0.3 is 29.2 Å². The monoisotopic (exact) mass is 508 g/mol. The van der Waals surface area contributed by atoms with Crippen LogP contribution in [0.25, 0.3) is 5.88 Å². The number of aromatic amines is 1. The molecule has 2 heterocycles. The van der Waals surface area contributed by atoms with E-state index in [1.807, 2.05) is 4.98 Å². The van der Waals surface area contributed by atoms with Crippen molar-refractivity contribution in [3.8, 4) is 0 Å². The van der Waals surface area contributed by atoms with E-state index in [0.29, 0.717) is 0 Å². The van der Waals surface area contributed by atoms with Crippen molar-refractivity contribution in [1.82, 2.24) is 9.55 Å². The molecule has 1 aliphatic rings. The highest BCUT2D eigenvalue weighted by atomic mass is 31.3. The molecule has 0 spiro atoms. The fourth-order valence-electron chi connectivity index (χ4n) is 2.51. The highest BCUT2D eigenvalue weighted by Gasteiger charge is 2.51. The summed E-state index contributed by atoms with van der Waals surface area (Å²) < 4.78 is 52.3. The fourth-order valence-corrected chi connectivity index (χ4v) is 5.57. The van der Waals surface area contributed by atoms with Crippen molar-refractivity contribution in [1.29, 1.82) is 0 Å². The van der Waals surface area contributed by atoms with Gasteiger partial charge in [-0.1, -0.05) is 13.8 Å². The predicted octanol–water partition coefficient (Wildman–Crippen LogP) is -0.536. The molecule has 0 radical (unpaired) electrons. The molecule has 31 heavy (non-hydrogen) atoms. The van der Waals surface area contributed by atoms with E-state index in [0.717, 1.165) is 22.9 Å². The molecule has 1 aromatic heterocycles. The van der Waals surface area contributed by atoms with E-state index in [-0.39, 0.29) is 5.88 Å². The second-order valence-electron chi connectivity index (χ2n) is 6.51. The quantitative estimate of drug-likeness (QED) is 0.230. The number of rotatable bonds is 9. The molecule has 0 saturated heterocycles. The number of aromatic nitrogens is 2. The third-order valence-corrected chi connectivity index (χ3v) is 7.79. The summed E-state index contributed by atoms with van der Waals surface area (Å²) in [5.41, 5.74) is -3.41. The second kappa shape index (κ2) is 8.85. The zero-order valence-corrected chi connectivity index (χ0v) is 18.5. The SMILES string of the molecule is CC(C)[C@]1(COP(=O)(O)OP(=O)(O)OP(=O)(O)O)OC(n2ccc(=O)[nH]c2=O)=C[C@@H]1O. The summed E-state index contributed by atoms with van der Waals surface area (Å²) in [4.78, 5) is 61.0. The van der Waals surface area contributed by atoms with Crippen LogP contribution in [0.5, 0.6) is 0 Å². The van der Waals surface area contributed by atoms with Gasteiger partial charge in [0.2, 0.25) is 5.88 Å². The minimum atomic E-state index is -5.73. The number of aliphatic hydroxyl groups excluding tert-OH is 1. The first-order chi connectivity index (χ1) is 14.0. The molecular formula is C12H19N2O14P3. The molecule has 1 aliphatic heterocycles. The van der Waals surface area contributed by atoms with Crippen LogP contribution in [0.3, 0.4) is 0 Å². The van der Waals surface area contributed by atoms with Crippen LogP contribution in [0.1, 0.15) is 13.8 Å². The van der Waals surface area contributed by atoms with E-state index in [2.05, 4.69) is 13.1 Å². The van der Waals surface area contributed by atoms with Gasteiger partial charge in [-0.2, -0.15) is 8.62 Å². The highest BCUT2D eigenvalue weighted by Crippen LogP contribution is 2.66. The number of hydrogen-bond donors (Lipinski definition) is 6. The van der Waals surface area contributed by atoms with Gasteiger partial charge in [0.05, 0.1) is 0 Å². The molecule has 16 nitrogen and oxygen atoms in total. The van der Waals surface area contributed by atoms with Crippen molar-refractivity contribution in [2.24, 2.45) is 5.92 Å². The fraction of sp³-hybridized carbons (Fsp3) is 0.500. The topological polar surface area (TPSA) is 244 Å². The first kappa shape index (κ1) is 25.8. The average molecular weight is 508 g/mol. The normalized spacial score (nSPS) is 25.5. The van der Waals surface area contributed by atoms with Crippen LogP contribution in [-0.4, -0.2) is 52.5 Å². The van der Waals surface area contributed by atoms with Crippen LogP contribution in [0.15, 0.2) is 27.9 Å². The van der Waals surface area contributed by atoms with Crippen LogP contribution in [0, 0.1) is 5.92 Å². The van der Waals surface area contributed by atoms with Gasteiger partial charge in [-0.05, 0) is 5.92 Å². The van der Waals surface area contributed by atoms with Crippen molar-refractivity contribution in [2.75, 3.05) is 6.61 Å². The number of nitrogens with zero attached hydrogens (tertiary/aromatic N) is 1. The Morgan fingerprint density at radius 2 is 1.77 bits per heavy atom. The number of hydrogen-bond acceptors (Lipinski definition) is 10. The summed E-state index contributed by atoms with van der Waals surface area (Å²) in [5, 5.41) is 10.5. The lowest BCUT2D eigenvalue weighted by atomic mass is 9.86. The molecule has 2 rings (SSSR count). The van der Waals surface area contributed by atoms with Crippen LogP contribution < -0.4 is 11.2 Å². The summed E-state index contributed by atoms with van der Waals surface area (Å²) in [6.07, 6.45) is 0.576. The van der Waals surface area contributed by atoms with Gasteiger partial charge in [0.25, 0.3) is 5.56 Å². The van der Waals surface area contributed by atoms with E-state index < -0.39 is 58.9 Å². The number of aliphatic hydroxyl groups is 1. The Morgan fingerprint density at radius 3 is 2.29 bits per heavy atom. The Labute approximate surface area is 173 Å². The van der Waals surface area contributed by atoms with Gasteiger partial charge < -0.3 is 29.4 Å². The maximum absolute atomic E-state index is 12.0. The van der Waals surface area contributed by atoms with Crippen LogP contribution >= 0.6 is 23.5 Å². The summed E-state index contributed by atoms with van der Waals surface area (Å²) in [6.45, 7) is 2.07. The van der Waals surface area contributed by atoms with E-state index in [9.17, 15) is 38.2 Å². The molecule has 6 N–H and O–H groups in total. The molecular weight excluding hydrogens is 489 g/mol. The van der Waals surface area contributed by atoms with Crippen LogP contribution in [0.4, 0.5) is 0 Å². The molecule has 4 atom stereocenters. The molecule has 19 heteroatoms. The number of phosphoric ester groups is 1. The average Bonchev–Trinajstić information content (AvgIpc) is 2.87. The third-order valence-electron chi connectivity index (χ3n) is 4.00. The van der Waals surface area contributed by atoms with Crippen molar-refractivity contribution in [2.45, 2.75) is 25.6 Å². The Kier molecular flexibility index (Phi) is 7.38. The minimum Gasteiger partial charge on any atom is -0.466 e. The molecule has 0 saturated carbocycles. The highest BCUT2D eigenvalue weighted by molar-refractivity contribution is 7.66. The molecule has 0 aliphatic carbocycles. The number of phosphoric acid groups is 3. The lowest BCUT2D eigenvalue weighted by Gasteiger charge is -2.36. The number of ether oxygens (including phenoxy) is 1. The van der Waals surface area contributed by atoms with Gasteiger partial charge in [-0.25, -0.2) is 23.1 Å². The largest absolute Gasteiger partial charge is 0.490 e. The van der Waals surface area contributed by atoms with Gasteiger partial charge in [0.1, 0.15) is 12.7 Å². The first-order valence-corrected chi connectivity index (χ1v) is 12.7. The second-order valence-corrected chi connectivity index (χ2v) is 10.9. The lowest BCUT2D eigenvalue weighted by Crippen LogP contribution is -2.49. The zero-order valence-electron chi connectivity index (χ0n) is 15.8. The van der Waals surface area contributed by atoms with Gasteiger partial charge in [-0.15, -0.1) is 0 Å². The van der Waals surface area contributed by atoms with Crippen molar-refractivity contribution in [3.05, 3.63) is 39.2 Å². The Balaban J connectivity index is 2.22. The summed E-state index contributed by atoms with van der Waals surface area (Å²) >= 11 is 0. The molecule has 0 bridgehead atoms. The van der Waals surface area contributed by atoms with Crippen molar-refractivity contribution < 1.29 is 56.3 Å². The summed E-state index contributed by atoms with van der Waals surface area (Å²) in [5.74, 6) is -0.917. The van der Waals surface area contributed by atoms with Gasteiger partial charge in [0, 0.05) is 18.3 Å². The molecule has 176 valence electrons. The maximum atomic E-state index is 12.0. The minimum absolute atomic E-state index is 0.252. The zero-order chi connectivity index (χ0) is 23.8. The van der Waals surface area contributed by atoms with Crippen molar-refractivity contribution in [3.63, 3.8) is 0 Å². The molecule has 2 unspecified atom stereocenters. The number of H-pyrrole nitrogens is 1. The Bertz CT molecular complexity index is 1120. The summed E-state index contributed by atoms with van der Waals surface area (Å²) in [6, 6.07) is 0.999. The molecule has 0 aromatic carbocycles. The Hall–Kier alpha value is -1.41. The maximum Gasteiger partial charge on any atom is 0.490 e. The lowest BCUT2D eigenvalue weighted by molar-refractivity contribution is -0.0969. The summed E-state index contributed by atoms with van der Waals surface area (Å²) in [7, 11) is -16.8. The van der Waals surface area contributed by atoms with E-state index in [1.54, 1.807) is 0 Å². The first-order valence-electron chi connectivity index (χ1n) is 8.16. The predicted molar refractivity (Wildman–Crippen MR) is 100 cm³/mol. The van der Waals surface area contributed by atoms with E-state index >= 15 is 0 Å². The van der Waals surface area contributed by atoms with Gasteiger partial charge in [0.15, 0.2) is 5.60 Å². The van der Waals surface area contributed by atoms with Crippen LogP contribution in [-0.2, 0) is 31.6 Å². The van der Waals surface area contributed by atoms with E-state index in [4.69, 9.17) is 14.5 Å². The smallest absolute Gasteiger partial charge is 0.466 e. The van der Waals surface area contributed by atoms with Crippen LogP contribution in [0.2, 0.25) is 0 Å². The van der Waals surface area contributed by atoms with Gasteiger partial charge in [-0.3, -0.25) is 14.3 Å². The molecule has 0 amide bonds. The number of nitrogens with one attached hydrogen (secondary N) is 1. The third kappa shape index (κ3) is 6.54. The van der Waals surface area contributed by atoms with E-state index in [1.165, 1.54) is 13.8 Å². The molecule has 0 fully saturated rings. The molecule has 1 aromatic rings.